The normalized spacial score (nSPS) is 10.6. The molecule has 3 nitrogen and oxygen atoms in total. The third-order valence-corrected chi connectivity index (χ3v) is 2.77. The molecule has 0 atom stereocenters. The van der Waals surface area contributed by atoms with Crippen LogP contribution in [0.25, 0.3) is 0 Å². The van der Waals surface area contributed by atoms with E-state index in [1.807, 2.05) is 32.0 Å². The van der Waals surface area contributed by atoms with E-state index in [9.17, 15) is 4.79 Å². The number of carbonyl (C=O) groups is 1. The predicted octanol–water partition coefficient (Wildman–Crippen LogP) is 2.14. The lowest BCUT2D eigenvalue weighted by molar-refractivity contribution is -0.129. The molecular weight excluding hydrogens is 248 g/mol. The fraction of sp³-hybridized carbons (Fsp3) is 0.500. The molecule has 1 rings (SSSR count). The minimum absolute atomic E-state index is 0. The Kier molecular flexibility index (Phi) is 7.64. The fourth-order valence-corrected chi connectivity index (χ4v) is 1.73. The molecule has 0 saturated carbocycles. The third kappa shape index (κ3) is 5.52. The van der Waals surface area contributed by atoms with Gasteiger partial charge in [0.25, 0.3) is 0 Å². The largest absolute Gasteiger partial charge is 0.356 e. The lowest BCUT2D eigenvalue weighted by atomic mass is 9.85. The Hall–Kier alpha value is -1.06. The van der Waals surface area contributed by atoms with Crippen molar-refractivity contribution in [3.05, 3.63) is 35.9 Å². The van der Waals surface area contributed by atoms with Crippen LogP contribution in [0.3, 0.4) is 0 Å². The maximum Gasteiger partial charge on any atom is 0.225 e. The van der Waals surface area contributed by atoms with E-state index in [0.29, 0.717) is 13.1 Å². The predicted molar refractivity (Wildman–Crippen MR) is 77.9 cm³/mol. The first-order chi connectivity index (χ1) is 8.06. The number of nitrogens with two attached hydrogens (primary N) is 1. The van der Waals surface area contributed by atoms with E-state index in [1.54, 1.807) is 0 Å². The van der Waals surface area contributed by atoms with Gasteiger partial charge in [-0.05, 0) is 24.9 Å². The van der Waals surface area contributed by atoms with Crippen molar-refractivity contribution in [1.82, 2.24) is 5.32 Å². The summed E-state index contributed by atoms with van der Waals surface area (Å²) < 4.78 is 0. The molecule has 0 aliphatic heterocycles. The Labute approximate surface area is 116 Å². The van der Waals surface area contributed by atoms with Gasteiger partial charge in [-0.25, -0.2) is 0 Å². The van der Waals surface area contributed by atoms with Crippen molar-refractivity contribution in [2.45, 2.75) is 26.7 Å². The van der Waals surface area contributed by atoms with Gasteiger partial charge in [-0.1, -0.05) is 44.2 Å². The Morgan fingerprint density at radius 2 is 1.89 bits per heavy atom. The smallest absolute Gasteiger partial charge is 0.225 e. The molecule has 0 saturated heterocycles. The van der Waals surface area contributed by atoms with E-state index in [2.05, 4.69) is 17.4 Å². The Morgan fingerprint density at radius 1 is 1.28 bits per heavy atom. The summed E-state index contributed by atoms with van der Waals surface area (Å²) >= 11 is 0. The SMILES string of the molecule is CC(C)(Cc1ccccc1)C(=O)NCCCN.Cl. The van der Waals surface area contributed by atoms with Gasteiger partial charge >= 0.3 is 0 Å². The molecule has 4 heteroatoms. The van der Waals surface area contributed by atoms with E-state index in [0.717, 1.165) is 12.8 Å². The average Bonchev–Trinajstić information content (AvgIpc) is 2.30. The van der Waals surface area contributed by atoms with Crippen LogP contribution in [0.1, 0.15) is 25.8 Å². The van der Waals surface area contributed by atoms with Crippen LogP contribution in [0, 0.1) is 5.41 Å². The standard InChI is InChI=1S/C14H22N2O.ClH/c1-14(2,13(17)16-10-6-9-15)11-12-7-4-3-5-8-12;/h3-5,7-8H,6,9-11,15H2,1-2H3,(H,16,17);1H. The second kappa shape index (κ2) is 8.11. The number of nitrogens with one attached hydrogen (secondary N) is 1. The molecule has 0 aliphatic rings. The summed E-state index contributed by atoms with van der Waals surface area (Å²) in [5, 5.41) is 2.93. The minimum atomic E-state index is -0.379. The number of hydrogen-bond donors (Lipinski definition) is 2. The van der Waals surface area contributed by atoms with Gasteiger partial charge in [0.2, 0.25) is 5.91 Å². The maximum absolute atomic E-state index is 12.0. The van der Waals surface area contributed by atoms with Crippen molar-refractivity contribution in [3.63, 3.8) is 0 Å². The van der Waals surface area contributed by atoms with Crippen molar-refractivity contribution in [1.29, 1.82) is 0 Å². The molecule has 0 aromatic heterocycles. The highest BCUT2D eigenvalue weighted by atomic mass is 35.5. The number of carbonyl (C=O) groups excluding carboxylic acids is 1. The quantitative estimate of drug-likeness (QED) is 0.778. The summed E-state index contributed by atoms with van der Waals surface area (Å²) in [7, 11) is 0. The molecule has 0 radical (unpaired) electrons. The zero-order valence-electron chi connectivity index (χ0n) is 11.1. The van der Waals surface area contributed by atoms with Crippen molar-refractivity contribution >= 4 is 18.3 Å². The number of hydrogen-bond acceptors (Lipinski definition) is 2. The molecule has 1 aromatic carbocycles. The van der Waals surface area contributed by atoms with E-state index in [1.165, 1.54) is 5.56 Å². The molecular formula is C14H23ClN2O. The van der Waals surface area contributed by atoms with Crippen molar-refractivity contribution in [2.75, 3.05) is 13.1 Å². The minimum Gasteiger partial charge on any atom is -0.356 e. The number of halogens is 1. The first kappa shape index (κ1) is 16.9. The summed E-state index contributed by atoms with van der Waals surface area (Å²) in [6.45, 7) is 5.21. The number of benzene rings is 1. The first-order valence-electron chi connectivity index (χ1n) is 6.08. The highest BCUT2D eigenvalue weighted by Gasteiger charge is 2.27. The highest BCUT2D eigenvalue weighted by molar-refractivity contribution is 5.85. The van der Waals surface area contributed by atoms with Gasteiger partial charge < -0.3 is 11.1 Å². The van der Waals surface area contributed by atoms with Gasteiger partial charge in [0, 0.05) is 12.0 Å². The van der Waals surface area contributed by atoms with Gasteiger partial charge in [-0.15, -0.1) is 12.4 Å². The molecule has 102 valence electrons. The Morgan fingerprint density at radius 3 is 2.44 bits per heavy atom. The van der Waals surface area contributed by atoms with Crippen LogP contribution in [0.5, 0.6) is 0 Å². The zero-order valence-corrected chi connectivity index (χ0v) is 11.9. The summed E-state index contributed by atoms with van der Waals surface area (Å²) in [6, 6.07) is 10.1. The molecule has 0 unspecified atom stereocenters. The molecule has 0 spiro atoms. The summed E-state index contributed by atoms with van der Waals surface area (Å²) in [5.41, 5.74) is 6.20. The monoisotopic (exact) mass is 270 g/mol. The van der Waals surface area contributed by atoms with Crippen LogP contribution in [-0.4, -0.2) is 19.0 Å². The van der Waals surface area contributed by atoms with E-state index in [-0.39, 0.29) is 23.7 Å². The van der Waals surface area contributed by atoms with E-state index >= 15 is 0 Å². The summed E-state index contributed by atoms with van der Waals surface area (Å²) in [6.07, 6.45) is 1.58. The van der Waals surface area contributed by atoms with Crippen molar-refractivity contribution in [3.8, 4) is 0 Å². The molecule has 3 N–H and O–H groups in total. The van der Waals surface area contributed by atoms with Gasteiger partial charge in [0.1, 0.15) is 0 Å². The first-order valence-corrected chi connectivity index (χ1v) is 6.08. The fourth-order valence-electron chi connectivity index (χ4n) is 1.73. The van der Waals surface area contributed by atoms with Gasteiger partial charge in [0.15, 0.2) is 0 Å². The van der Waals surface area contributed by atoms with Gasteiger partial charge in [0.05, 0.1) is 0 Å². The second-order valence-electron chi connectivity index (χ2n) is 4.94. The second-order valence-corrected chi connectivity index (χ2v) is 4.94. The lowest BCUT2D eigenvalue weighted by Crippen LogP contribution is -2.39. The number of amides is 1. The Balaban J connectivity index is 0.00000289. The van der Waals surface area contributed by atoms with Gasteiger partial charge in [-0.3, -0.25) is 4.79 Å². The van der Waals surface area contributed by atoms with Crippen molar-refractivity contribution < 1.29 is 4.79 Å². The summed E-state index contributed by atoms with van der Waals surface area (Å²) in [5.74, 6) is 0.0924. The van der Waals surface area contributed by atoms with Crippen LogP contribution < -0.4 is 11.1 Å². The summed E-state index contributed by atoms with van der Waals surface area (Å²) in [4.78, 5) is 12.0. The molecule has 18 heavy (non-hydrogen) atoms. The van der Waals surface area contributed by atoms with E-state index < -0.39 is 0 Å². The molecule has 0 bridgehead atoms. The topological polar surface area (TPSA) is 55.1 Å². The lowest BCUT2D eigenvalue weighted by Gasteiger charge is -2.23. The van der Waals surface area contributed by atoms with Crippen LogP contribution in [0.2, 0.25) is 0 Å². The van der Waals surface area contributed by atoms with E-state index in [4.69, 9.17) is 5.73 Å². The molecule has 0 aliphatic carbocycles. The van der Waals surface area contributed by atoms with Gasteiger partial charge in [-0.2, -0.15) is 0 Å². The van der Waals surface area contributed by atoms with Crippen LogP contribution >= 0.6 is 12.4 Å². The molecule has 1 amide bonds. The molecule has 1 aromatic rings. The molecule has 0 heterocycles. The Bertz CT molecular complexity index is 352. The van der Waals surface area contributed by atoms with Crippen LogP contribution in [0.4, 0.5) is 0 Å². The molecule has 0 fully saturated rings. The zero-order chi connectivity index (χ0) is 12.7. The van der Waals surface area contributed by atoms with Crippen molar-refractivity contribution in [2.24, 2.45) is 11.1 Å². The van der Waals surface area contributed by atoms with Crippen LogP contribution in [0.15, 0.2) is 30.3 Å². The van der Waals surface area contributed by atoms with Crippen LogP contribution in [-0.2, 0) is 11.2 Å². The highest BCUT2D eigenvalue weighted by Crippen LogP contribution is 2.21. The number of rotatable bonds is 6. The third-order valence-electron chi connectivity index (χ3n) is 2.77. The maximum atomic E-state index is 12.0. The average molecular weight is 271 g/mol.